The van der Waals surface area contributed by atoms with Crippen molar-refractivity contribution in [2.75, 3.05) is 5.32 Å². The maximum Gasteiger partial charge on any atom is 0.0375 e. The van der Waals surface area contributed by atoms with Gasteiger partial charge >= 0.3 is 0 Å². The van der Waals surface area contributed by atoms with Crippen LogP contribution in [0.4, 0.5) is 5.69 Å². The van der Waals surface area contributed by atoms with Crippen LogP contribution in [0.2, 0.25) is 0 Å². The molecule has 1 aliphatic heterocycles. The van der Waals surface area contributed by atoms with Crippen LogP contribution in [0.1, 0.15) is 18.9 Å². The molecule has 0 fully saturated rings. The summed E-state index contributed by atoms with van der Waals surface area (Å²) >= 11 is 0. The number of para-hydroxylation sites is 1. The minimum Gasteiger partial charge on any atom is -0.381 e. The second kappa shape index (κ2) is 3.87. The van der Waals surface area contributed by atoms with Crippen LogP contribution < -0.4 is 5.32 Å². The van der Waals surface area contributed by atoms with Crippen LogP contribution in [0.25, 0.3) is 0 Å². The van der Waals surface area contributed by atoms with Gasteiger partial charge in [0.2, 0.25) is 0 Å². The number of hydrogen-bond acceptors (Lipinski definition) is 1. The first-order valence-electron chi connectivity index (χ1n) is 5.26. The Kier molecular flexibility index (Phi) is 2.58. The zero-order valence-electron chi connectivity index (χ0n) is 8.66. The topological polar surface area (TPSA) is 12.0 Å². The molecule has 0 aliphatic carbocycles. The molecule has 1 aliphatic rings. The van der Waals surface area contributed by atoms with Gasteiger partial charge in [-0.2, -0.15) is 0 Å². The average molecular weight is 187 g/mol. The number of fused-ring (bicyclic) bond motifs is 1. The molecule has 0 bridgehead atoms. The van der Waals surface area contributed by atoms with E-state index in [2.05, 4.69) is 43.1 Å². The van der Waals surface area contributed by atoms with Gasteiger partial charge in [0.1, 0.15) is 0 Å². The van der Waals surface area contributed by atoms with Crippen molar-refractivity contribution >= 4 is 5.69 Å². The van der Waals surface area contributed by atoms with Crippen molar-refractivity contribution in [3.8, 4) is 0 Å². The van der Waals surface area contributed by atoms with Crippen LogP contribution in [0.3, 0.4) is 0 Å². The van der Waals surface area contributed by atoms with Gasteiger partial charge in [0.15, 0.2) is 0 Å². The monoisotopic (exact) mass is 187 g/mol. The number of benzene rings is 1. The first-order chi connectivity index (χ1) is 6.81. The number of hydrogen-bond donors (Lipinski definition) is 1. The molecule has 74 valence electrons. The normalized spacial score (nSPS) is 24.9. The summed E-state index contributed by atoms with van der Waals surface area (Å²) in [5.74, 6) is 0.697. The Labute approximate surface area is 85.8 Å². The molecule has 0 radical (unpaired) electrons. The van der Waals surface area contributed by atoms with E-state index in [1.807, 2.05) is 6.08 Å². The molecule has 14 heavy (non-hydrogen) atoms. The summed E-state index contributed by atoms with van der Waals surface area (Å²) in [6.07, 6.45) is 4.24. The zero-order valence-corrected chi connectivity index (χ0v) is 8.66. The van der Waals surface area contributed by atoms with Gasteiger partial charge in [-0.05, 0) is 30.4 Å². The van der Waals surface area contributed by atoms with E-state index in [0.717, 1.165) is 6.42 Å². The third-order valence-electron chi connectivity index (χ3n) is 3.01. The Morgan fingerprint density at radius 2 is 2.29 bits per heavy atom. The van der Waals surface area contributed by atoms with Crippen LogP contribution in [0.5, 0.6) is 0 Å². The highest BCUT2D eigenvalue weighted by Crippen LogP contribution is 2.29. The summed E-state index contributed by atoms with van der Waals surface area (Å²) < 4.78 is 0. The molecule has 1 nitrogen and oxygen atoms in total. The van der Waals surface area contributed by atoms with E-state index in [-0.39, 0.29) is 0 Å². The average Bonchev–Trinajstić information content (AvgIpc) is 2.19. The van der Waals surface area contributed by atoms with Gasteiger partial charge in [-0.3, -0.25) is 0 Å². The standard InChI is InChI=1S/C13H17N/c1-3-6-12-10(2)9-11-7-4-5-8-13(11)14-12/h3-5,7-8,10,12,14H,1,6,9H2,2H3/t10-,12-/m0/s1. The molecular weight excluding hydrogens is 170 g/mol. The SMILES string of the molecule is C=CC[C@@H]1Nc2ccccc2C[C@@H]1C. The van der Waals surface area contributed by atoms with E-state index in [9.17, 15) is 0 Å². The van der Waals surface area contributed by atoms with Gasteiger partial charge in [0.25, 0.3) is 0 Å². The van der Waals surface area contributed by atoms with Gasteiger partial charge in [0, 0.05) is 11.7 Å². The van der Waals surface area contributed by atoms with Crippen LogP contribution in [-0.2, 0) is 6.42 Å². The van der Waals surface area contributed by atoms with E-state index in [4.69, 9.17) is 0 Å². The summed E-state index contributed by atoms with van der Waals surface area (Å²) in [5, 5.41) is 3.58. The third-order valence-corrected chi connectivity index (χ3v) is 3.01. The minimum absolute atomic E-state index is 0.558. The fourth-order valence-corrected chi connectivity index (χ4v) is 2.14. The maximum absolute atomic E-state index is 3.81. The first kappa shape index (κ1) is 9.32. The Bertz CT molecular complexity index is 330. The lowest BCUT2D eigenvalue weighted by Crippen LogP contribution is -2.32. The van der Waals surface area contributed by atoms with Crippen LogP contribution >= 0.6 is 0 Å². The maximum atomic E-state index is 3.81. The summed E-state index contributed by atoms with van der Waals surface area (Å²) in [6.45, 7) is 6.11. The van der Waals surface area contributed by atoms with Crippen molar-refractivity contribution in [2.45, 2.75) is 25.8 Å². The Hall–Kier alpha value is -1.24. The fourth-order valence-electron chi connectivity index (χ4n) is 2.14. The van der Waals surface area contributed by atoms with Crippen molar-refractivity contribution in [2.24, 2.45) is 5.92 Å². The second-order valence-electron chi connectivity index (χ2n) is 4.11. The van der Waals surface area contributed by atoms with Crippen LogP contribution in [0.15, 0.2) is 36.9 Å². The van der Waals surface area contributed by atoms with Crippen molar-refractivity contribution in [1.29, 1.82) is 0 Å². The summed E-state index contributed by atoms with van der Waals surface area (Å²) in [7, 11) is 0. The van der Waals surface area contributed by atoms with Crippen molar-refractivity contribution in [3.63, 3.8) is 0 Å². The predicted octanol–water partition coefficient (Wildman–Crippen LogP) is 3.24. The Balaban J connectivity index is 2.22. The summed E-state index contributed by atoms with van der Waals surface area (Å²) in [6, 6.07) is 9.14. The lowest BCUT2D eigenvalue weighted by molar-refractivity contribution is 0.467. The minimum atomic E-state index is 0.558. The molecule has 1 aromatic rings. The first-order valence-corrected chi connectivity index (χ1v) is 5.26. The number of anilines is 1. The van der Waals surface area contributed by atoms with Crippen molar-refractivity contribution < 1.29 is 0 Å². The predicted molar refractivity (Wildman–Crippen MR) is 61.5 cm³/mol. The van der Waals surface area contributed by atoms with Crippen LogP contribution in [-0.4, -0.2) is 6.04 Å². The molecular formula is C13H17N. The van der Waals surface area contributed by atoms with Gasteiger partial charge < -0.3 is 5.32 Å². The van der Waals surface area contributed by atoms with E-state index >= 15 is 0 Å². The van der Waals surface area contributed by atoms with E-state index in [1.165, 1.54) is 17.7 Å². The van der Waals surface area contributed by atoms with Crippen LogP contribution in [0, 0.1) is 5.92 Å². The molecule has 0 unspecified atom stereocenters. The quantitative estimate of drug-likeness (QED) is 0.701. The fraction of sp³-hybridized carbons (Fsp3) is 0.385. The molecule has 1 aromatic carbocycles. The lowest BCUT2D eigenvalue weighted by atomic mass is 9.87. The molecule has 0 saturated heterocycles. The highest BCUT2D eigenvalue weighted by molar-refractivity contribution is 5.54. The highest BCUT2D eigenvalue weighted by Gasteiger charge is 2.22. The van der Waals surface area contributed by atoms with Crippen molar-refractivity contribution in [1.82, 2.24) is 0 Å². The largest absolute Gasteiger partial charge is 0.381 e. The molecule has 0 spiro atoms. The molecule has 0 saturated carbocycles. The highest BCUT2D eigenvalue weighted by atomic mass is 14.9. The summed E-state index contributed by atoms with van der Waals surface area (Å²) in [5.41, 5.74) is 2.75. The van der Waals surface area contributed by atoms with Crippen molar-refractivity contribution in [3.05, 3.63) is 42.5 Å². The number of rotatable bonds is 2. The van der Waals surface area contributed by atoms with E-state index in [1.54, 1.807) is 0 Å². The van der Waals surface area contributed by atoms with Gasteiger partial charge in [0.05, 0.1) is 0 Å². The third kappa shape index (κ3) is 1.67. The van der Waals surface area contributed by atoms with E-state index < -0.39 is 0 Å². The number of nitrogens with one attached hydrogen (secondary N) is 1. The lowest BCUT2D eigenvalue weighted by Gasteiger charge is -2.32. The molecule has 1 N–H and O–H groups in total. The van der Waals surface area contributed by atoms with Gasteiger partial charge in [-0.15, -0.1) is 6.58 Å². The smallest absolute Gasteiger partial charge is 0.0375 e. The summed E-state index contributed by atoms with van der Waals surface area (Å²) in [4.78, 5) is 0. The Morgan fingerprint density at radius 3 is 3.07 bits per heavy atom. The van der Waals surface area contributed by atoms with E-state index in [0.29, 0.717) is 12.0 Å². The second-order valence-corrected chi connectivity index (χ2v) is 4.11. The molecule has 0 aromatic heterocycles. The molecule has 2 rings (SSSR count). The van der Waals surface area contributed by atoms with Gasteiger partial charge in [-0.1, -0.05) is 31.2 Å². The Morgan fingerprint density at radius 1 is 1.50 bits per heavy atom. The zero-order chi connectivity index (χ0) is 9.97. The van der Waals surface area contributed by atoms with Gasteiger partial charge in [-0.25, -0.2) is 0 Å². The molecule has 0 amide bonds. The molecule has 1 heterocycles. The molecule has 2 atom stereocenters. The molecule has 1 heteroatoms.